The van der Waals surface area contributed by atoms with Crippen molar-refractivity contribution in [2.45, 2.75) is 32.5 Å². The Morgan fingerprint density at radius 1 is 1.10 bits per heavy atom. The van der Waals surface area contributed by atoms with E-state index in [1.807, 2.05) is 0 Å². The van der Waals surface area contributed by atoms with Crippen molar-refractivity contribution in [1.29, 1.82) is 0 Å². The maximum atomic E-state index is 12.7. The van der Waals surface area contributed by atoms with Gasteiger partial charge in [0.1, 0.15) is 24.3 Å². The number of halogens is 3. The molecule has 1 heterocycles. The molecular formula is C19H21F3N4O3. The number of amides is 2. The topological polar surface area (TPSA) is 84.4 Å². The number of rotatable bonds is 4. The Labute approximate surface area is 165 Å². The van der Waals surface area contributed by atoms with Crippen LogP contribution in [0.4, 0.5) is 23.8 Å². The van der Waals surface area contributed by atoms with Gasteiger partial charge in [0.2, 0.25) is 5.91 Å². The minimum Gasteiger partial charge on any atom is -0.444 e. The molecule has 10 heteroatoms. The number of alkyl halides is 3. The van der Waals surface area contributed by atoms with Gasteiger partial charge in [0.05, 0.1) is 11.3 Å². The molecule has 0 saturated heterocycles. The van der Waals surface area contributed by atoms with Crippen molar-refractivity contribution in [3.8, 4) is 11.3 Å². The van der Waals surface area contributed by atoms with E-state index in [0.29, 0.717) is 11.3 Å². The number of carbonyl (C=O) groups is 2. The van der Waals surface area contributed by atoms with E-state index < -0.39 is 29.3 Å². The molecular weight excluding hydrogens is 389 g/mol. The number of hydrogen-bond acceptors (Lipinski definition) is 5. The average molecular weight is 410 g/mol. The first kappa shape index (κ1) is 22.1. The van der Waals surface area contributed by atoms with Gasteiger partial charge in [-0.25, -0.2) is 14.8 Å². The Morgan fingerprint density at radius 2 is 1.72 bits per heavy atom. The van der Waals surface area contributed by atoms with Crippen molar-refractivity contribution in [1.82, 2.24) is 15.3 Å². The summed E-state index contributed by atoms with van der Waals surface area (Å²) in [4.78, 5) is 33.2. The number of benzene rings is 1. The van der Waals surface area contributed by atoms with Gasteiger partial charge < -0.3 is 10.1 Å². The molecule has 0 bridgehead atoms. The first-order valence-corrected chi connectivity index (χ1v) is 8.60. The molecule has 1 aromatic carbocycles. The molecule has 0 radical (unpaired) electrons. The molecule has 0 aliphatic heterocycles. The smallest absolute Gasteiger partial charge is 0.416 e. The Kier molecular flexibility index (Phi) is 6.45. The van der Waals surface area contributed by atoms with Crippen LogP contribution in [0.25, 0.3) is 11.3 Å². The Balaban J connectivity index is 2.08. The van der Waals surface area contributed by atoms with Gasteiger partial charge >= 0.3 is 12.3 Å². The molecule has 0 saturated carbocycles. The van der Waals surface area contributed by atoms with Crippen LogP contribution in [0.3, 0.4) is 0 Å². The molecule has 2 rings (SSSR count). The fraction of sp³-hybridized carbons (Fsp3) is 0.368. The van der Waals surface area contributed by atoms with Crippen LogP contribution in [0.1, 0.15) is 26.3 Å². The molecule has 0 spiro atoms. The predicted molar refractivity (Wildman–Crippen MR) is 100 cm³/mol. The Bertz CT molecular complexity index is 878. The highest BCUT2D eigenvalue weighted by Gasteiger charge is 2.30. The van der Waals surface area contributed by atoms with Gasteiger partial charge in [0, 0.05) is 18.7 Å². The SMILES string of the molecule is CN(C(=O)CNC(=O)OC(C)(C)C)c1cc(-c2ccc(C(F)(F)F)cc2)ncn1. The summed E-state index contributed by atoms with van der Waals surface area (Å²) >= 11 is 0. The van der Waals surface area contributed by atoms with Gasteiger partial charge in [0.25, 0.3) is 0 Å². The van der Waals surface area contributed by atoms with E-state index in [2.05, 4.69) is 15.3 Å². The molecule has 0 unspecified atom stereocenters. The largest absolute Gasteiger partial charge is 0.444 e. The molecule has 0 fully saturated rings. The van der Waals surface area contributed by atoms with E-state index in [4.69, 9.17) is 4.74 Å². The van der Waals surface area contributed by atoms with Crippen LogP contribution in [0, 0.1) is 0 Å². The monoisotopic (exact) mass is 410 g/mol. The Morgan fingerprint density at radius 3 is 2.28 bits per heavy atom. The predicted octanol–water partition coefficient (Wildman–Crippen LogP) is 3.65. The third-order valence-corrected chi connectivity index (χ3v) is 3.66. The molecule has 0 aliphatic carbocycles. The summed E-state index contributed by atoms with van der Waals surface area (Å²) in [5.74, 6) is -0.237. The number of nitrogens with one attached hydrogen (secondary N) is 1. The number of likely N-dealkylation sites (N-methyl/N-ethyl adjacent to an activating group) is 1. The van der Waals surface area contributed by atoms with E-state index in [-0.39, 0.29) is 12.4 Å². The van der Waals surface area contributed by atoms with Crippen molar-refractivity contribution < 1.29 is 27.5 Å². The summed E-state index contributed by atoms with van der Waals surface area (Å²) in [5.41, 5.74) is -0.670. The number of hydrogen-bond donors (Lipinski definition) is 1. The van der Waals surface area contributed by atoms with Crippen molar-refractivity contribution >= 4 is 17.8 Å². The van der Waals surface area contributed by atoms with Crippen LogP contribution in [0.15, 0.2) is 36.7 Å². The normalized spacial score (nSPS) is 11.7. The van der Waals surface area contributed by atoms with Gasteiger partial charge in [-0.15, -0.1) is 0 Å². The summed E-state index contributed by atoms with van der Waals surface area (Å²) < 4.78 is 43.1. The van der Waals surface area contributed by atoms with E-state index in [9.17, 15) is 22.8 Å². The van der Waals surface area contributed by atoms with Crippen molar-refractivity contribution in [2.75, 3.05) is 18.5 Å². The zero-order chi connectivity index (χ0) is 21.8. The van der Waals surface area contributed by atoms with E-state index in [1.54, 1.807) is 20.8 Å². The summed E-state index contributed by atoms with van der Waals surface area (Å²) in [5, 5.41) is 2.35. The van der Waals surface area contributed by atoms with Gasteiger partial charge in [-0.2, -0.15) is 13.2 Å². The molecule has 0 aliphatic rings. The molecule has 1 N–H and O–H groups in total. The highest BCUT2D eigenvalue weighted by molar-refractivity contribution is 5.95. The zero-order valence-electron chi connectivity index (χ0n) is 16.4. The highest BCUT2D eigenvalue weighted by Crippen LogP contribution is 2.30. The second-order valence-corrected chi connectivity index (χ2v) is 7.14. The lowest BCUT2D eigenvalue weighted by Gasteiger charge is -2.21. The molecule has 2 aromatic rings. The summed E-state index contributed by atoms with van der Waals surface area (Å²) in [6.45, 7) is 4.78. The van der Waals surface area contributed by atoms with E-state index >= 15 is 0 Å². The van der Waals surface area contributed by atoms with Crippen LogP contribution in [0.2, 0.25) is 0 Å². The number of carbonyl (C=O) groups excluding carboxylic acids is 2. The quantitative estimate of drug-likeness (QED) is 0.832. The standard InChI is InChI=1S/C19H21F3N4O3/c1-18(2,3)29-17(28)23-10-16(27)26(4)15-9-14(24-11-25-15)12-5-7-13(8-6-12)19(20,21)22/h5-9,11H,10H2,1-4H3,(H,23,28). The molecule has 2 amide bonds. The van der Waals surface area contributed by atoms with Gasteiger partial charge in [-0.1, -0.05) is 12.1 Å². The lowest BCUT2D eigenvalue weighted by molar-refractivity contribution is -0.137. The van der Waals surface area contributed by atoms with Crippen LogP contribution >= 0.6 is 0 Å². The van der Waals surface area contributed by atoms with Crippen molar-refractivity contribution in [2.24, 2.45) is 0 Å². The number of alkyl carbamates (subject to hydrolysis) is 1. The first-order valence-electron chi connectivity index (χ1n) is 8.60. The van der Waals surface area contributed by atoms with Crippen LogP contribution < -0.4 is 10.2 Å². The number of ether oxygens (including phenoxy) is 1. The van der Waals surface area contributed by atoms with Gasteiger partial charge in [-0.05, 0) is 32.9 Å². The fourth-order valence-electron chi connectivity index (χ4n) is 2.23. The van der Waals surface area contributed by atoms with Crippen LogP contribution in [-0.2, 0) is 15.7 Å². The summed E-state index contributed by atoms with van der Waals surface area (Å²) in [6.07, 6.45) is -3.95. The van der Waals surface area contributed by atoms with Crippen LogP contribution in [-0.4, -0.2) is 41.2 Å². The lowest BCUT2D eigenvalue weighted by Crippen LogP contribution is -2.40. The first-order chi connectivity index (χ1) is 13.4. The second kappa shape index (κ2) is 8.46. The van der Waals surface area contributed by atoms with Gasteiger partial charge in [-0.3, -0.25) is 9.69 Å². The molecule has 156 valence electrons. The van der Waals surface area contributed by atoms with E-state index in [1.165, 1.54) is 36.5 Å². The third kappa shape index (κ3) is 6.44. The minimum atomic E-state index is -4.43. The zero-order valence-corrected chi connectivity index (χ0v) is 16.4. The molecule has 1 aromatic heterocycles. The fourth-order valence-corrected chi connectivity index (χ4v) is 2.23. The molecule has 29 heavy (non-hydrogen) atoms. The maximum absolute atomic E-state index is 12.7. The second-order valence-electron chi connectivity index (χ2n) is 7.14. The molecule has 7 nitrogen and oxygen atoms in total. The lowest BCUT2D eigenvalue weighted by atomic mass is 10.1. The summed E-state index contributed by atoms with van der Waals surface area (Å²) in [6, 6.07) is 5.96. The highest BCUT2D eigenvalue weighted by atomic mass is 19.4. The van der Waals surface area contributed by atoms with Crippen LogP contribution in [0.5, 0.6) is 0 Å². The average Bonchev–Trinajstić information content (AvgIpc) is 2.63. The maximum Gasteiger partial charge on any atom is 0.416 e. The summed E-state index contributed by atoms with van der Waals surface area (Å²) in [7, 11) is 1.46. The van der Waals surface area contributed by atoms with E-state index in [0.717, 1.165) is 12.1 Å². The third-order valence-electron chi connectivity index (χ3n) is 3.66. The van der Waals surface area contributed by atoms with Crippen molar-refractivity contribution in [3.05, 3.63) is 42.2 Å². The van der Waals surface area contributed by atoms with Crippen molar-refractivity contribution in [3.63, 3.8) is 0 Å². The minimum absolute atomic E-state index is 0.228. The van der Waals surface area contributed by atoms with Gasteiger partial charge in [0.15, 0.2) is 0 Å². The Hall–Kier alpha value is -3.17. The number of nitrogens with zero attached hydrogens (tertiary/aromatic N) is 3. The molecule has 0 atom stereocenters. The number of anilines is 1. The number of aromatic nitrogens is 2.